The van der Waals surface area contributed by atoms with Gasteiger partial charge in [0.25, 0.3) is 5.91 Å². The zero-order valence-electron chi connectivity index (χ0n) is 12.8. The number of hydrogen-bond donors (Lipinski definition) is 2. The van der Waals surface area contributed by atoms with E-state index in [4.69, 9.17) is 4.42 Å². The zero-order valence-corrected chi connectivity index (χ0v) is 12.8. The molecule has 1 aliphatic rings. The van der Waals surface area contributed by atoms with E-state index in [1.54, 1.807) is 0 Å². The summed E-state index contributed by atoms with van der Waals surface area (Å²) in [6.07, 6.45) is 3.47. The number of aryl methyl sites for hydroxylation is 1. The Labute approximate surface area is 130 Å². The Hall–Kier alpha value is -2.14. The molecule has 2 N–H and O–H groups in total. The van der Waals surface area contributed by atoms with E-state index in [-0.39, 0.29) is 5.91 Å². The van der Waals surface area contributed by atoms with E-state index in [0.717, 1.165) is 31.5 Å². The van der Waals surface area contributed by atoms with Crippen LogP contribution < -0.4 is 10.6 Å². The van der Waals surface area contributed by atoms with Gasteiger partial charge in [-0.05, 0) is 44.0 Å². The second kappa shape index (κ2) is 6.75. The summed E-state index contributed by atoms with van der Waals surface area (Å²) in [5, 5.41) is 6.21. The number of rotatable bonds is 4. The van der Waals surface area contributed by atoms with Gasteiger partial charge in [-0.25, -0.2) is 4.98 Å². The monoisotopic (exact) mass is 299 g/mol. The predicted octanol–water partition coefficient (Wildman–Crippen LogP) is 2.38. The molecular formula is C17H21N3O2. The van der Waals surface area contributed by atoms with Gasteiger partial charge in [-0.1, -0.05) is 24.3 Å². The van der Waals surface area contributed by atoms with Crippen LogP contribution in [0.25, 0.3) is 0 Å². The van der Waals surface area contributed by atoms with E-state index >= 15 is 0 Å². The molecule has 1 aliphatic heterocycles. The maximum Gasteiger partial charge on any atom is 0.273 e. The molecule has 2 heterocycles. The Morgan fingerprint density at radius 2 is 2.14 bits per heavy atom. The fourth-order valence-corrected chi connectivity index (χ4v) is 2.72. The van der Waals surface area contributed by atoms with Crippen LogP contribution in [0.4, 0.5) is 0 Å². The van der Waals surface area contributed by atoms with Crippen LogP contribution >= 0.6 is 0 Å². The Kier molecular flexibility index (Phi) is 4.53. The molecule has 22 heavy (non-hydrogen) atoms. The molecule has 0 bridgehead atoms. The minimum absolute atomic E-state index is 0.188. The van der Waals surface area contributed by atoms with Gasteiger partial charge in [-0.3, -0.25) is 4.79 Å². The molecule has 1 amide bonds. The highest BCUT2D eigenvalue weighted by Crippen LogP contribution is 2.24. The number of carbonyl (C=O) groups is 1. The standard InChI is InChI=1S/C17H21N3O2/c1-12-4-2-3-5-14(12)10-19-16(21)15-11-22-17(20-15)13-6-8-18-9-7-13/h2-5,11,13,18H,6-10H2,1H3,(H,19,21). The minimum Gasteiger partial charge on any atom is -0.448 e. The van der Waals surface area contributed by atoms with Crippen molar-refractivity contribution in [2.75, 3.05) is 13.1 Å². The van der Waals surface area contributed by atoms with E-state index in [9.17, 15) is 4.79 Å². The number of hydrogen-bond acceptors (Lipinski definition) is 4. The molecule has 0 radical (unpaired) electrons. The number of carbonyl (C=O) groups excluding carboxylic acids is 1. The van der Waals surface area contributed by atoms with E-state index in [0.29, 0.717) is 24.0 Å². The Balaban J connectivity index is 1.61. The highest BCUT2D eigenvalue weighted by Gasteiger charge is 2.21. The van der Waals surface area contributed by atoms with Crippen LogP contribution in [-0.2, 0) is 6.54 Å². The van der Waals surface area contributed by atoms with Gasteiger partial charge in [-0.2, -0.15) is 0 Å². The molecular weight excluding hydrogens is 278 g/mol. The Bertz CT molecular complexity index is 645. The van der Waals surface area contributed by atoms with Gasteiger partial charge in [0, 0.05) is 12.5 Å². The van der Waals surface area contributed by atoms with Crippen molar-refractivity contribution < 1.29 is 9.21 Å². The minimum atomic E-state index is -0.188. The van der Waals surface area contributed by atoms with Crippen LogP contribution in [-0.4, -0.2) is 24.0 Å². The van der Waals surface area contributed by atoms with Gasteiger partial charge in [0.15, 0.2) is 11.6 Å². The highest BCUT2D eigenvalue weighted by molar-refractivity contribution is 5.91. The van der Waals surface area contributed by atoms with Crippen LogP contribution in [0.2, 0.25) is 0 Å². The van der Waals surface area contributed by atoms with Crippen LogP contribution in [0.1, 0.15) is 46.3 Å². The van der Waals surface area contributed by atoms with Gasteiger partial charge in [-0.15, -0.1) is 0 Å². The summed E-state index contributed by atoms with van der Waals surface area (Å²) < 4.78 is 5.50. The lowest BCUT2D eigenvalue weighted by molar-refractivity contribution is 0.0946. The molecule has 1 saturated heterocycles. The van der Waals surface area contributed by atoms with Crippen LogP contribution in [0.3, 0.4) is 0 Å². The van der Waals surface area contributed by atoms with Crippen LogP contribution in [0, 0.1) is 6.92 Å². The first kappa shape index (κ1) is 14.8. The van der Waals surface area contributed by atoms with Crippen molar-refractivity contribution in [1.82, 2.24) is 15.6 Å². The molecule has 0 unspecified atom stereocenters. The maximum absolute atomic E-state index is 12.2. The van der Waals surface area contributed by atoms with Crippen LogP contribution in [0.5, 0.6) is 0 Å². The molecule has 0 saturated carbocycles. The van der Waals surface area contributed by atoms with Crippen molar-refractivity contribution in [3.05, 3.63) is 53.2 Å². The SMILES string of the molecule is Cc1ccccc1CNC(=O)c1coc(C2CCNCC2)n1. The molecule has 5 nitrogen and oxygen atoms in total. The third-order valence-electron chi connectivity index (χ3n) is 4.14. The van der Waals surface area contributed by atoms with E-state index in [2.05, 4.69) is 15.6 Å². The van der Waals surface area contributed by atoms with Gasteiger partial charge in [0.1, 0.15) is 6.26 Å². The first-order chi connectivity index (χ1) is 10.7. The van der Waals surface area contributed by atoms with Gasteiger partial charge >= 0.3 is 0 Å². The second-order valence-corrected chi connectivity index (χ2v) is 5.70. The smallest absolute Gasteiger partial charge is 0.273 e. The molecule has 1 aromatic carbocycles. The third kappa shape index (κ3) is 3.36. The largest absolute Gasteiger partial charge is 0.448 e. The molecule has 2 aromatic rings. The molecule has 0 atom stereocenters. The lowest BCUT2D eigenvalue weighted by Crippen LogP contribution is -2.27. The van der Waals surface area contributed by atoms with Gasteiger partial charge < -0.3 is 15.1 Å². The first-order valence-electron chi connectivity index (χ1n) is 7.73. The highest BCUT2D eigenvalue weighted by atomic mass is 16.3. The van der Waals surface area contributed by atoms with Gasteiger partial charge in [0.2, 0.25) is 0 Å². The molecule has 0 spiro atoms. The lowest BCUT2D eigenvalue weighted by atomic mass is 9.98. The van der Waals surface area contributed by atoms with Crippen molar-refractivity contribution in [3.8, 4) is 0 Å². The summed E-state index contributed by atoms with van der Waals surface area (Å²) in [5.74, 6) is 0.814. The Morgan fingerprint density at radius 3 is 2.91 bits per heavy atom. The number of nitrogens with zero attached hydrogens (tertiary/aromatic N) is 1. The number of amides is 1. The lowest BCUT2D eigenvalue weighted by Gasteiger charge is -2.19. The van der Waals surface area contributed by atoms with Crippen molar-refractivity contribution in [2.45, 2.75) is 32.2 Å². The zero-order chi connectivity index (χ0) is 15.4. The molecule has 116 valence electrons. The normalized spacial score (nSPS) is 15.7. The summed E-state index contributed by atoms with van der Waals surface area (Å²) >= 11 is 0. The summed E-state index contributed by atoms with van der Waals surface area (Å²) in [5.41, 5.74) is 2.64. The topological polar surface area (TPSA) is 67.2 Å². The average molecular weight is 299 g/mol. The fraction of sp³-hybridized carbons (Fsp3) is 0.412. The number of piperidine rings is 1. The maximum atomic E-state index is 12.2. The van der Waals surface area contributed by atoms with E-state index in [1.807, 2.05) is 31.2 Å². The third-order valence-corrected chi connectivity index (χ3v) is 4.14. The summed E-state index contributed by atoms with van der Waals surface area (Å²) in [6, 6.07) is 8.01. The number of benzene rings is 1. The van der Waals surface area contributed by atoms with Crippen LogP contribution in [0.15, 0.2) is 34.9 Å². The molecule has 0 aliphatic carbocycles. The number of nitrogens with one attached hydrogen (secondary N) is 2. The predicted molar refractivity (Wildman–Crippen MR) is 83.7 cm³/mol. The van der Waals surface area contributed by atoms with E-state index < -0.39 is 0 Å². The summed E-state index contributed by atoms with van der Waals surface area (Å²) in [4.78, 5) is 16.5. The number of oxazole rings is 1. The molecule has 1 aromatic heterocycles. The quantitative estimate of drug-likeness (QED) is 0.909. The van der Waals surface area contributed by atoms with E-state index in [1.165, 1.54) is 11.8 Å². The average Bonchev–Trinajstić information content (AvgIpc) is 3.05. The second-order valence-electron chi connectivity index (χ2n) is 5.70. The first-order valence-corrected chi connectivity index (χ1v) is 7.73. The molecule has 1 fully saturated rings. The van der Waals surface area contributed by atoms with Gasteiger partial charge in [0.05, 0.1) is 0 Å². The van der Waals surface area contributed by atoms with Crippen molar-refractivity contribution >= 4 is 5.91 Å². The summed E-state index contributed by atoms with van der Waals surface area (Å²) in [6.45, 7) is 4.48. The van der Waals surface area contributed by atoms with Crippen molar-refractivity contribution in [3.63, 3.8) is 0 Å². The van der Waals surface area contributed by atoms with Crippen molar-refractivity contribution in [2.24, 2.45) is 0 Å². The summed E-state index contributed by atoms with van der Waals surface area (Å²) in [7, 11) is 0. The van der Waals surface area contributed by atoms with Crippen molar-refractivity contribution in [1.29, 1.82) is 0 Å². The molecule has 3 rings (SSSR count). The number of aromatic nitrogens is 1. The molecule has 5 heteroatoms. The fourth-order valence-electron chi connectivity index (χ4n) is 2.72. The Morgan fingerprint density at radius 1 is 1.36 bits per heavy atom.